The first-order chi connectivity index (χ1) is 6.49. The van der Waals surface area contributed by atoms with Crippen LogP contribution in [0.25, 0.3) is 0 Å². The molecule has 0 aromatic heterocycles. The number of aliphatic carboxylic acids is 1. The highest BCUT2D eigenvalue weighted by atomic mass is 32.1. The molecule has 7 heteroatoms. The van der Waals surface area contributed by atoms with E-state index in [4.69, 9.17) is 10.3 Å². The van der Waals surface area contributed by atoms with E-state index in [1.54, 1.807) is 0 Å². The number of thiol groups is 1. The highest BCUT2D eigenvalue weighted by Gasteiger charge is 2.26. The van der Waals surface area contributed by atoms with Gasteiger partial charge in [0.2, 0.25) is 0 Å². The summed E-state index contributed by atoms with van der Waals surface area (Å²) in [6, 6.07) is 0. The molecule has 0 aliphatic carbocycles. The van der Waals surface area contributed by atoms with Gasteiger partial charge in [0.15, 0.2) is 0 Å². The molecule has 0 bridgehead atoms. The number of imide groups is 1. The number of carboxylic acid groups (broad SMARTS) is 1. The molecule has 1 fully saturated rings. The van der Waals surface area contributed by atoms with Gasteiger partial charge in [-0.2, -0.15) is 17.7 Å². The summed E-state index contributed by atoms with van der Waals surface area (Å²) in [6.07, 6.45) is 0.452. The highest BCUT2D eigenvalue weighted by Crippen LogP contribution is 2.06. The molecule has 1 saturated heterocycles. The minimum atomic E-state index is -0.787. The van der Waals surface area contributed by atoms with Gasteiger partial charge in [0, 0.05) is 18.6 Å². The van der Waals surface area contributed by atoms with E-state index in [2.05, 4.69) is 12.6 Å². The molecule has 6 nitrogen and oxygen atoms in total. The lowest BCUT2D eigenvalue weighted by Gasteiger charge is -1.98. The third-order valence-electron chi connectivity index (χ3n) is 1.35. The zero-order valence-electron chi connectivity index (χ0n) is 7.34. The molecule has 80 valence electrons. The van der Waals surface area contributed by atoms with E-state index in [1.165, 1.54) is 0 Å². The second kappa shape index (κ2) is 6.39. The van der Waals surface area contributed by atoms with Crippen LogP contribution in [-0.4, -0.2) is 38.9 Å². The van der Waals surface area contributed by atoms with Gasteiger partial charge in [-0.05, 0) is 0 Å². The first-order valence-electron chi connectivity index (χ1n) is 3.86. The van der Waals surface area contributed by atoms with Crippen LogP contribution in [0.15, 0.2) is 0 Å². The van der Waals surface area contributed by atoms with Crippen molar-refractivity contribution in [1.82, 2.24) is 5.06 Å². The summed E-state index contributed by atoms with van der Waals surface area (Å²) in [5.74, 6) is -1.37. The fraction of sp³-hybridized carbons (Fsp3) is 0.571. The summed E-state index contributed by atoms with van der Waals surface area (Å²) in [4.78, 5) is 30.0. The van der Waals surface area contributed by atoms with Gasteiger partial charge in [-0.15, -0.1) is 0 Å². The van der Waals surface area contributed by atoms with Crippen LogP contribution in [0.3, 0.4) is 0 Å². The highest BCUT2D eigenvalue weighted by molar-refractivity contribution is 7.80. The van der Waals surface area contributed by atoms with Crippen molar-refractivity contribution < 1.29 is 24.7 Å². The second-order valence-electron chi connectivity index (χ2n) is 2.47. The number of hydrogen-bond donors (Lipinski definition) is 3. The Balaban J connectivity index is 0.000000255. The topological polar surface area (TPSA) is 94.9 Å². The number of nitrogens with zero attached hydrogens (tertiary/aromatic N) is 1. The van der Waals surface area contributed by atoms with Crippen molar-refractivity contribution in [2.45, 2.75) is 19.3 Å². The molecular weight excluding hydrogens is 210 g/mol. The van der Waals surface area contributed by atoms with E-state index >= 15 is 0 Å². The lowest BCUT2D eigenvalue weighted by molar-refractivity contribution is -0.171. The predicted molar refractivity (Wildman–Crippen MR) is 49.0 cm³/mol. The zero-order valence-corrected chi connectivity index (χ0v) is 8.24. The summed E-state index contributed by atoms with van der Waals surface area (Å²) in [5, 5.41) is 16.4. The van der Waals surface area contributed by atoms with E-state index < -0.39 is 17.8 Å². The van der Waals surface area contributed by atoms with Crippen molar-refractivity contribution in [3.63, 3.8) is 0 Å². The Morgan fingerprint density at radius 2 is 1.79 bits per heavy atom. The van der Waals surface area contributed by atoms with Crippen molar-refractivity contribution in [2.75, 3.05) is 5.75 Å². The van der Waals surface area contributed by atoms with Crippen LogP contribution in [0.5, 0.6) is 0 Å². The fourth-order valence-electron chi connectivity index (χ4n) is 0.660. The zero-order chi connectivity index (χ0) is 11.1. The van der Waals surface area contributed by atoms with Crippen LogP contribution in [0.2, 0.25) is 0 Å². The number of hydroxylamine groups is 2. The molecule has 0 radical (unpaired) electrons. The number of carbonyl (C=O) groups excluding carboxylic acids is 2. The fourth-order valence-corrected chi connectivity index (χ4v) is 0.852. The molecule has 0 aromatic rings. The summed E-state index contributed by atoms with van der Waals surface area (Å²) in [5.41, 5.74) is 0. The van der Waals surface area contributed by atoms with Crippen LogP contribution in [-0.2, 0) is 14.4 Å². The van der Waals surface area contributed by atoms with Gasteiger partial charge in [-0.1, -0.05) is 0 Å². The van der Waals surface area contributed by atoms with Crippen LogP contribution in [0.1, 0.15) is 19.3 Å². The molecule has 1 rings (SSSR count). The SMILES string of the molecule is O=C(O)CCS.O=C1CCC(=O)N1O. The molecule has 0 unspecified atom stereocenters. The summed E-state index contributed by atoms with van der Waals surface area (Å²) in [6.45, 7) is 0. The molecule has 0 aromatic carbocycles. The molecule has 1 heterocycles. The Morgan fingerprint density at radius 1 is 1.36 bits per heavy atom. The third kappa shape index (κ3) is 4.83. The van der Waals surface area contributed by atoms with Crippen molar-refractivity contribution >= 4 is 30.4 Å². The lowest BCUT2D eigenvalue weighted by atomic mass is 10.4. The molecule has 0 saturated carbocycles. The molecule has 0 atom stereocenters. The minimum Gasteiger partial charge on any atom is -0.481 e. The standard InChI is InChI=1S/C4H5NO3.C3H6O2S/c6-3-1-2-4(7)5(3)8;4-3(5)1-2-6/h8H,1-2H2;6H,1-2H2,(H,4,5). The van der Waals surface area contributed by atoms with Crippen LogP contribution in [0.4, 0.5) is 0 Å². The Bertz CT molecular complexity index is 226. The van der Waals surface area contributed by atoms with Crippen molar-refractivity contribution in [3.05, 3.63) is 0 Å². The van der Waals surface area contributed by atoms with E-state index in [1.807, 2.05) is 0 Å². The van der Waals surface area contributed by atoms with Gasteiger partial charge >= 0.3 is 5.97 Å². The second-order valence-corrected chi connectivity index (χ2v) is 2.91. The van der Waals surface area contributed by atoms with E-state index in [-0.39, 0.29) is 24.3 Å². The maximum absolute atomic E-state index is 10.2. The van der Waals surface area contributed by atoms with Crippen molar-refractivity contribution in [3.8, 4) is 0 Å². The number of hydrogen-bond acceptors (Lipinski definition) is 5. The number of rotatable bonds is 2. The Hall–Kier alpha value is -1.08. The smallest absolute Gasteiger partial charge is 0.304 e. The quantitative estimate of drug-likeness (QED) is 0.344. The van der Waals surface area contributed by atoms with Crippen LogP contribution in [0, 0.1) is 0 Å². The van der Waals surface area contributed by atoms with Gasteiger partial charge in [-0.25, -0.2) is 0 Å². The van der Waals surface area contributed by atoms with Crippen molar-refractivity contribution in [1.29, 1.82) is 0 Å². The van der Waals surface area contributed by atoms with Gasteiger partial charge in [0.05, 0.1) is 6.42 Å². The van der Waals surface area contributed by atoms with E-state index in [0.717, 1.165) is 0 Å². The molecule has 14 heavy (non-hydrogen) atoms. The normalized spacial score (nSPS) is 15.1. The lowest BCUT2D eigenvalue weighted by Crippen LogP contribution is -2.24. The third-order valence-corrected chi connectivity index (χ3v) is 1.57. The average molecular weight is 221 g/mol. The first-order valence-corrected chi connectivity index (χ1v) is 4.49. The number of carboxylic acids is 1. The van der Waals surface area contributed by atoms with Crippen LogP contribution < -0.4 is 0 Å². The van der Waals surface area contributed by atoms with Gasteiger partial charge < -0.3 is 5.11 Å². The van der Waals surface area contributed by atoms with Gasteiger partial charge in [-0.3, -0.25) is 19.6 Å². The summed E-state index contributed by atoms with van der Waals surface area (Å²) < 4.78 is 0. The molecule has 2 amide bonds. The molecule has 2 N–H and O–H groups in total. The maximum Gasteiger partial charge on any atom is 0.304 e. The minimum absolute atomic E-state index is 0.148. The Kier molecular flexibility index (Phi) is 5.89. The molecule has 0 spiro atoms. The molecular formula is C7H11NO5S. The summed E-state index contributed by atoms with van der Waals surface area (Å²) >= 11 is 3.68. The molecule has 1 aliphatic rings. The first kappa shape index (κ1) is 12.9. The Morgan fingerprint density at radius 3 is 1.86 bits per heavy atom. The van der Waals surface area contributed by atoms with Gasteiger partial charge in [0.25, 0.3) is 11.8 Å². The van der Waals surface area contributed by atoms with Crippen LogP contribution >= 0.6 is 12.6 Å². The largest absolute Gasteiger partial charge is 0.481 e. The number of carbonyl (C=O) groups is 3. The average Bonchev–Trinajstić information content (AvgIpc) is 2.37. The summed E-state index contributed by atoms with van der Waals surface area (Å²) in [7, 11) is 0. The number of amides is 2. The van der Waals surface area contributed by atoms with Crippen molar-refractivity contribution in [2.24, 2.45) is 0 Å². The molecule has 1 aliphatic heterocycles. The monoisotopic (exact) mass is 221 g/mol. The maximum atomic E-state index is 10.2. The van der Waals surface area contributed by atoms with E-state index in [0.29, 0.717) is 5.75 Å². The van der Waals surface area contributed by atoms with Gasteiger partial charge in [0.1, 0.15) is 0 Å². The predicted octanol–water partition coefficient (Wildman–Crippen LogP) is -0.0845. The van der Waals surface area contributed by atoms with E-state index in [9.17, 15) is 14.4 Å². The Labute approximate surface area is 85.9 Å².